The molecule has 2 heterocycles. The topological polar surface area (TPSA) is 90.5 Å². The van der Waals surface area contributed by atoms with Crippen molar-refractivity contribution in [3.8, 4) is 0 Å². The first-order valence-electron chi connectivity index (χ1n) is 8.48. The summed E-state index contributed by atoms with van der Waals surface area (Å²) in [6.07, 6.45) is 4.19. The number of rotatable bonds is 6. The molecular formula is C16H29N3O3. The van der Waals surface area contributed by atoms with Gasteiger partial charge in [-0.25, -0.2) is 0 Å². The van der Waals surface area contributed by atoms with Gasteiger partial charge >= 0.3 is 0 Å². The van der Waals surface area contributed by atoms with Crippen molar-refractivity contribution in [2.45, 2.75) is 57.5 Å². The fraction of sp³-hybridized carbons (Fsp3) is 0.875. The first-order chi connectivity index (χ1) is 10.5. The van der Waals surface area contributed by atoms with Crippen LogP contribution >= 0.6 is 0 Å². The molecule has 22 heavy (non-hydrogen) atoms. The van der Waals surface area contributed by atoms with Gasteiger partial charge in [0.2, 0.25) is 11.8 Å². The monoisotopic (exact) mass is 311 g/mol. The van der Waals surface area contributed by atoms with E-state index in [0.29, 0.717) is 12.8 Å². The SMILES string of the molecule is CCCCC1CNCCC12NC(=O)[C@@H](CC(C)CO)NC2=O. The number of hydrogen-bond donors (Lipinski definition) is 4. The first kappa shape index (κ1) is 17.2. The van der Waals surface area contributed by atoms with Crippen LogP contribution in [0.15, 0.2) is 0 Å². The number of nitrogens with one attached hydrogen (secondary N) is 3. The van der Waals surface area contributed by atoms with Gasteiger partial charge in [-0.1, -0.05) is 26.7 Å². The summed E-state index contributed by atoms with van der Waals surface area (Å²) in [5.41, 5.74) is -0.754. The van der Waals surface area contributed by atoms with Gasteiger partial charge in [0.25, 0.3) is 0 Å². The summed E-state index contributed by atoms with van der Waals surface area (Å²) in [6, 6.07) is -0.526. The van der Waals surface area contributed by atoms with Gasteiger partial charge in [0.05, 0.1) is 0 Å². The van der Waals surface area contributed by atoms with Crippen LogP contribution in [-0.2, 0) is 9.59 Å². The Morgan fingerprint density at radius 3 is 2.86 bits per heavy atom. The Morgan fingerprint density at radius 1 is 1.41 bits per heavy atom. The highest BCUT2D eigenvalue weighted by Gasteiger charge is 2.52. The van der Waals surface area contributed by atoms with Gasteiger partial charge in [-0.2, -0.15) is 0 Å². The van der Waals surface area contributed by atoms with E-state index < -0.39 is 11.6 Å². The van der Waals surface area contributed by atoms with Crippen LogP contribution in [0, 0.1) is 11.8 Å². The van der Waals surface area contributed by atoms with Crippen molar-refractivity contribution in [2.24, 2.45) is 11.8 Å². The Bertz CT molecular complexity index is 415. The van der Waals surface area contributed by atoms with Gasteiger partial charge in [-0.3, -0.25) is 9.59 Å². The van der Waals surface area contributed by atoms with Crippen LogP contribution in [0.2, 0.25) is 0 Å². The molecule has 126 valence electrons. The van der Waals surface area contributed by atoms with Crippen LogP contribution in [0.1, 0.15) is 46.0 Å². The van der Waals surface area contributed by atoms with Crippen LogP contribution in [0.5, 0.6) is 0 Å². The summed E-state index contributed by atoms with van der Waals surface area (Å²) in [6.45, 7) is 5.54. The number of aliphatic hydroxyl groups excluding tert-OH is 1. The molecule has 4 N–H and O–H groups in total. The zero-order valence-corrected chi connectivity index (χ0v) is 13.7. The Kier molecular flexibility index (Phi) is 5.81. The molecule has 0 saturated carbocycles. The number of carbonyl (C=O) groups is 2. The second-order valence-electron chi connectivity index (χ2n) is 6.80. The summed E-state index contributed by atoms with van der Waals surface area (Å²) in [5, 5.41) is 18.4. The lowest BCUT2D eigenvalue weighted by Crippen LogP contribution is -2.74. The standard InChI is InChI=1S/C16H29N3O3/c1-3-4-5-12-9-17-7-6-16(12)15(22)18-13(14(21)19-16)8-11(2)10-20/h11-13,17,20H,3-10H2,1-2H3,(H,18,22)(H,19,21)/t11?,12?,13-,16?/m1/s1. The minimum atomic E-state index is -0.754. The molecule has 6 heteroatoms. The second-order valence-corrected chi connectivity index (χ2v) is 6.80. The van der Waals surface area contributed by atoms with E-state index >= 15 is 0 Å². The molecule has 2 aliphatic rings. The van der Waals surface area contributed by atoms with E-state index in [1.54, 1.807) is 0 Å². The van der Waals surface area contributed by atoms with Crippen molar-refractivity contribution < 1.29 is 14.7 Å². The molecule has 2 amide bonds. The molecule has 6 nitrogen and oxygen atoms in total. The molecule has 0 aromatic rings. The summed E-state index contributed by atoms with van der Waals surface area (Å²) in [7, 11) is 0. The van der Waals surface area contributed by atoms with Crippen molar-refractivity contribution >= 4 is 11.8 Å². The molecule has 0 aromatic carbocycles. The van der Waals surface area contributed by atoms with E-state index in [-0.39, 0.29) is 30.3 Å². The van der Waals surface area contributed by atoms with Gasteiger partial charge in [0.15, 0.2) is 0 Å². The molecule has 4 atom stereocenters. The average Bonchev–Trinajstić information content (AvgIpc) is 2.51. The molecule has 1 spiro atoms. The van der Waals surface area contributed by atoms with Crippen LogP contribution in [0.3, 0.4) is 0 Å². The molecule has 2 aliphatic heterocycles. The lowest BCUT2D eigenvalue weighted by molar-refractivity contribution is -0.146. The minimum absolute atomic E-state index is 0.00555. The highest BCUT2D eigenvalue weighted by atomic mass is 16.3. The zero-order valence-electron chi connectivity index (χ0n) is 13.7. The van der Waals surface area contributed by atoms with Gasteiger partial charge in [-0.05, 0) is 31.7 Å². The number of carbonyl (C=O) groups excluding carboxylic acids is 2. The molecule has 3 unspecified atom stereocenters. The molecule has 2 fully saturated rings. The Hall–Kier alpha value is -1.14. The number of hydrogen-bond acceptors (Lipinski definition) is 4. The van der Waals surface area contributed by atoms with Crippen LogP contribution in [-0.4, -0.2) is 48.2 Å². The third kappa shape index (κ3) is 3.43. The van der Waals surface area contributed by atoms with Crippen LogP contribution in [0.4, 0.5) is 0 Å². The van der Waals surface area contributed by atoms with Gasteiger partial charge in [0.1, 0.15) is 11.6 Å². The maximum Gasteiger partial charge on any atom is 0.246 e. The summed E-state index contributed by atoms with van der Waals surface area (Å²) in [5.74, 6) is -0.0245. The maximum atomic E-state index is 12.8. The number of piperidine rings is 1. The molecular weight excluding hydrogens is 282 g/mol. The molecule has 0 aromatic heterocycles. The molecule has 0 bridgehead atoms. The van der Waals surface area contributed by atoms with E-state index in [9.17, 15) is 9.59 Å². The zero-order chi connectivity index (χ0) is 16.2. The van der Waals surface area contributed by atoms with E-state index in [4.69, 9.17) is 5.11 Å². The highest BCUT2D eigenvalue weighted by Crippen LogP contribution is 2.31. The Labute approximate surface area is 132 Å². The molecule has 0 radical (unpaired) electrons. The second kappa shape index (κ2) is 7.42. The third-order valence-electron chi connectivity index (χ3n) is 5.01. The summed E-state index contributed by atoms with van der Waals surface area (Å²) < 4.78 is 0. The van der Waals surface area contributed by atoms with E-state index in [2.05, 4.69) is 22.9 Å². The first-order valence-corrected chi connectivity index (χ1v) is 8.48. The van der Waals surface area contributed by atoms with Crippen molar-refractivity contribution in [2.75, 3.05) is 19.7 Å². The predicted molar refractivity (Wildman–Crippen MR) is 84.2 cm³/mol. The largest absolute Gasteiger partial charge is 0.396 e. The summed E-state index contributed by atoms with van der Waals surface area (Å²) in [4.78, 5) is 25.2. The van der Waals surface area contributed by atoms with E-state index in [1.165, 1.54) is 0 Å². The quantitative estimate of drug-likeness (QED) is 0.562. The maximum absolute atomic E-state index is 12.8. The van der Waals surface area contributed by atoms with Crippen molar-refractivity contribution in [3.05, 3.63) is 0 Å². The Balaban J connectivity index is 2.10. The van der Waals surface area contributed by atoms with Gasteiger partial charge < -0.3 is 21.1 Å². The number of amides is 2. The van der Waals surface area contributed by atoms with E-state index in [1.807, 2.05) is 6.92 Å². The van der Waals surface area contributed by atoms with Crippen molar-refractivity contribution in [1.29, 1.82) is 0 Å². The third-order valence-corrected chi connectivity index (χ3v) is 5.01. The highest BCUT2D eigenvalue weighted by molar-refractivity contribution is 6.00. The van der Waals surface area contributed by atoms with Crippen LogP contribution < -0.4 is 16.0 Å². The minimum Gasteiger partial charge on any atom is -0.396 e. The average molecular weight is 311 g/mol. The van der Waals surface area contributed by atoms with E-state index in [0.717, 1.165) is 32.4 Å². The van der Waals surface area contributed by atoms with Crippen molar-refractivity contribution in [1.82, 2.24) is 16.0 Å². The van der Waals surface area contributed by atoms with Gasteiger partial charge in [0, 0.05) is 19.1 Å². The predicted octanol–water partition coefficient (Wildman–Crippen LogP) is 0.158. The fourth-order valence-corrected chi connectivity index (χ4v) is 3.56. The number of aliphatic hydroxyl groups is 1. The van der Waals surface area contributed by atoms with Crippen LogP contribution in [0.25, 0.3) is 0 Å². The smallest absolute Gasteiger partial charge is 0.246 e. The normalized spacial score (nSPS) is 33.4. The fourth-order valence-electron chi connectivity index (χ4n) is 3.56. The molecule has 0 aliphatic carbocycles. The number of piperazine rings is 1. The van der Waals surface area contributed by atoms with Crippen molar-refractivity contribution in [3.63, 3.8) is 0 Å². The molecule has 2 rings (SSSR count). The summed E-state index contributed by atoms with van der Waals surface area (Å²) >= 11 is 0. The number of unbranched alkanes of at least 4 members (excludes halogenated alkanes) is 1. The van der Waals surface area contributed by atoms with Gasteiger partial charge in [-0.15, -0.1) is 0 Å². The molecule has 2 saturated heterocycles. The lowest BCUT2D eigenvalue weighted by Gasteiger charge is -2.47. The lowest BCUT2D eigenvalue weighted by atomic mass is 9.73. The Morgan fingerprint density at radius 2 is 2.18 bits per heavy atom.